The summed E-state index contributed by atoms with van der Waals surface area (Å²) in [5.41, 5.74) is 0.861. The van der Waals surface area contributed by atoms with Crippen molar-refractivity contribution in [2.45, 2.75) is 44.6 Å². The first kappa shape index (κ1) is 18.1. The molecule has 0 aromatic heterocycles. The van der Waals surface area contributed by atoms with Crippen LogP contribution >= 0.6 is 0 Å². The average Bonchev–Trinajstić information content (AvgIpc) is 2.59. The molecule has 6 heteroatoms. The van der Waals surface area contributed by atoms with Crippen LogP contribution in [0.25, 0.3) is 0 Å². The van der Waals surface area contributed by atoms with Crippen LogP contribution in [0.3, 0.4) is 0 Å². The fourth-order valence-corrected chi connectivity index (χ4v) is 3.19. The zero-order chi connectivity index (χ0) is 17.5. The van der Waals surface area contributed by atoms with Gasteiger partial charge in [-0.05, 0) is 43.4 Å². The topological polar surface area (TPSA) is 76.1 Å². The van der Waals surface area contributed by atoms with Crippen molar-refractivity contribution in [2.24, 2.45) is 0 Å². The highest BCUT2D eigenvalue weighted by Crippen LogP contribution is 2.28. The van der Waals surface area contributed by atoms with Gasteiger partial charge in [-0.2, -0.15) is 0 Å². The summed E-state index contributed by atoms with van der Waals surface area (Å²) in [6.07, 6.45) is 3.80. The lowest BCUT2D eigenvalue weighted by atomic mass is 9.97. The molecule has 2 rings (SSSR count). The molecule has 0 bridgehead atoms. The first-order chi connectivity index (χ1) is 11.5. The van der Waals surface area contributed by atoms with Gasteiger partial charge in [0, 0.05) is 19.0 Å². The molecule has 1 amide bonds. The zero-order valence-electron chi connectivity index (χ0n) is 14.3. The van der Waals surface area contributed by atoms with E-state index in [-0.39, 0.29) is 24.8 Å². The summed E-state index contributed by atoms with van der Waals surface area (Å²) in [6.45, 7) is 0.705. The van der Waals surface area contributed by atoms with Crippen LogP contribution in [0, 0.1) is 0 Å². The predicted octanol–water partition coefficient (Wildman–Crippen LogP) is 2.49. The fourth-order valence-electron chi connectivity index (χ4n) is 3.19. The van der Waals surface area contributed by atoms with Crippen LogP contribution in [0.1, 0.15) is 37.7 Å². The number of carbonyl (C=O) groups excluding carboxylic acids is 1. The number of rotatable bonds is 7. The second-order valence-electron chi connectivity index (χ2n) is 6.04. The fraction of sp³-hybridized carbons (Fsp3) is 0.556. The number of ether oxygens (including phenoxy) is 2. The Balaban J connectivity index is 2.05. The van der Waals surface area contributed by atoms with Gasteiger partial charge in [0.05, 0.1) is 20.6 Å². The van der Waals surface area contributed by atoms with E-state index in [0.717, 1.165) is 24.8 Å². The average molecular weight is 335 g/mol. The first-order valence-corrected chi connectivity index (χ1v) is 8.27. The molecule has 1 fully saturated rings. The number of hydrogen-bond acceptors (Lipinski definition) is 4. The van der Waals surface area contributed by atoms with E-state index < -0.39 is 5.97 Å². The summed E-state index contributed by atoms with van der Waals surface area (Å²) in [5, 5.41) is 8.88. The number of likely N-dealkylation sites (tertiary alicyclic amines) is 1. The maximum Gasteiger partial charge on any atom is 0.303 e. The molecule has 0 radical (unpaired) electrons. The monoisotopic (exact) mass is 335 g/mol. The molecule has 1 aliphatic rings. The van der Waals surface area contributed by atoms with Gasteiger partial charge in [-0.25, -0.2) is 0 Å². The molecule has 1 heterocycles. The molecule has 0 saturated carbocycles. The van der Waals surface area contributed by atoms with Crippen molar-refractivity contribution in [3.8, 4) is 11.5 Å². The lowest BCUT2D eigenvalue weighted by Gasteiger charge is -2.36. The van der Waals surface area contributed by atoms with Crippen molar-refractivity contribution in [1.82, 2.24) is 4.90 Å². The largest absolute Gasteiger partial charge is 0.493 e. The van der Waals surface area contributed by atoms with E-state index >= 15 is 0 Å². The van der Waals surface area contributed by atoms with Gasteiger partial charge in [0.2, 0.25) is 5.91 Å². The molecular weight excluding hydrogens is 310 g/mol. The molecular formula is C18H25NO5. The third kappa shape index (κ3) is 4.63. The molecule has 132 valence electrons. The number of carboxylic acids is 1. The van der Waals surface area contributed by atoms with E-state index in [9.17, 15) is 9.59 Å². The first-order valence-electron chi connectivity index (χ1n) is 8.27. The van der Waals surface area contributed by atoms with Gasteiger partial charge in [-0.15, -0.1) is 0 Å². The van der Waals surface area contributed by atoms with Crippen LogP contribution in [0.4, 0.5) is 0 Å². The molecule has 1 N–H and O–H groups in total. The summed E-state index contributed by atoms with van der Waals surface area (Å²) >= 11 is 0. The molecule has 0 aliphatic carbocycles. The van der Waals surface area contributed by atoms with E-state index in [1.807, 2.05) is 17.0 Å². The number of aliphatic carboxylic acids is 1. The van der Waals surface area contributed by atoms with Gasteiger partial charge in [0.1, 0.15) is 0 Å². The number of hydrogen-bond donors (Lipinski definition) is 1. The van der Waals surface area contributed by atoms with Crippen molar-refractivity contribution in [3.63, 3.8) is 0 Å². The third-order valence-corrected chi connectivity index (χ3v) is 4.44. The summed E-state index contributed by atoms with van der Waals surface area (Å²) in [5.74, 6) is 0.458. The minimum Gasteiger partial charge on any atom is -0.493 e. The molecule has 1 unspecified atom stereocenters. The van der Waals surface area contributed by atoms with Crippen LogP contribution in [0.5, 0.6) is 11.5 Å². The Morgan fingerprint density at radius 2 is 1.96 bits per heavy atom. The molecule has 24 heavy (non-hydrogen) atoms. The van der Waals surface area contributed by atoms with Crippen molar-refractivity contribution in [3.05, 3.63) is 23.8 Å². The summed E-state index contributed by atoms with van der Waals surface area (Å²) in [7, 11) is 3.14. The lowest BCUT2D eigenvalue weighted by Crippen LogP contribution is -2.44. The number of carbonyl (C=O) groups is 2. The van der Waals surface area contributed by atoms with Gasteiger partial charge < -0.3 is 19.5 Å². The smallest absolute Gasteiger partial charge is 0.303 e. The SMILES string of the molecule is COc1ccc(CC(=O)N2CCCCC2CCC(=O)O)cc1OC. The maximum atomic E-state index is 12.7. The van der Waals surface area contributed by atoms with Crippen LogP contribution < -0.4 is 9.47 Å². The number of carboxylic acid groups (broad SMARTS) is 1. The van der Waals surface area contributed by atoms with Crippen LogP contribution in [-0.2, 0) is 16.0 Å². The quantitative estimate of drug-likeness (QED) is 0.828. The highest BCUT2D eigenvalue weighted by Gasteiger charge is 2.27. The molecule has 1 aromatic carbocycles. The summed E-state index contributed by atoms with van der Waals surface area (Å²) in [4.78, 5) is 25.3. The number of benzene rings is 1. The van der Waals surface area contributed by atoms with Crippen molar-refractivity contribution >= 4 is 11.9 Å². The molecule has 1 saturated heterocycles. The van der Waals surface area contributed by atoms with Gasteiger partial charge in [0.25, 0.3) is 0 Å². The molecule has 1 aliphatic heterocycles. The Bertz CT molecular complexity index is 587. The number of piperidine rings is 1. The Morgan fingerprint density at radius 3 is 2.62 bits per heavy atom. The van der Waals surface area contributed by atoms with Crippen molar-refractivity contribution < 1.29 is 24.2 Å². The Kier molecular flexibility index (Phi) is 6.46. The minimum atomic E-state index is -0.812. The molecule has 6 nitrogen and oxygen atoms in total. The van der Waals surface area contributed by atoms with E-state index in [2.05, 4.69) is 0 Å². The van der Waals surface area contributed by atoms with Crippen molar-refractivity contribution in [2.75, 3.05) is 20.8 Å². The number of methoxy groups -OCH3 is 2. The second kappa shape index (κ2) is 8.57. The van der Waals surface area contributed by atoms with E-state index in [1.165, 1.54) is 0 Å². The van der Waals surface area contributed by atoms with Crippen molar-refractivity contribution in [1.29, 1.82) is 0 Å². The number of nitrogens with zero attached hydrogens (tertiary/aromatic N) is 1. The summed E-state index contributed by atoms with van der Waals surface area (Å²) < 4.78 is 10.5. The van der Waals surface area contributed by atoms with Crippen LogP contribution in [-0.4, -0.2) is 48.7 Å². The van der Waals surface area contributed by atoms with Gasteiger partial charge >= 0.3 is 5.97 Å². The van der Waals surface area contributed by atoms with Crippen LogP contribution in [0.15, 0.2) is 18.2 Å². The maximum absolute atomic E-state index is 12.7. The predicted molar refractivity (Wildman–Crippen MR) is 89.5 cm³/mol. The van der Waals surface area contributed by atoms with E-state index in [1.54, 1.807) is 20.3 Å². The van der Waals surface area contributed by atoms with E-state index in [4.69, 9.17) is 14.6 Å². The minimum absolute atomic E-state index is 0.0301. The highest BCUT2D eigenvalue weighted by atomic mass is 16.5. The Labute approximate surface area is 142 Å². The number of amides is 1. The lowest BCUT2D eigenvalue weighted by molar-refractivity contribution is -0.139. The van der Waals surface area contributed by atoms with Gasteiger partial charge in [-0.1, -0.05) is 6.07 Å². The van der Waals surface area contributed by atoms with E-state index in [0.29, 0.717) is 24.5 Å². The standard InChI is InChI=1S/C18H25NO5/c1-23-15-8-6-13(11-16(15)24-2)12-17(20)19-10-4-3-5-14(19)7-9-18(21)22/h6,8,11,14H,3-5,7,9-10,12H2,1-2H3,(H,21,22). The Hall–Kier alpha value is -2.24. The van der Waals surface area contributed by atoms with Crippen LogP contribution in [0.2, 0.25) is 0 Å². The Morgan fingerprint density at radius 1 is 1.21 bits per heavy atom. The zero-order valence-corrected chi connectivity index (χ0v) is 14.3. The normalized spacial score (nSPS) is 17.4. The second-order valence-corrected chi connectivity index (χ2v) is 6.04. The summed E-state index contributed by atoms with van der Waals surface area (Å²) in [6, 6.07) is 5.49. The van der Waals surface area contributed by atoms with Gasteiger partial charge in [0.15, 0.2) is 11.5 Å². The van der Waals surface area contributed by atoms with Gasteiger partial charge in [-0.3, -0.25) is 9.59 Å². The molecule has 0 spiro atoms. The highest BCUT2D eigenvalue weighted by molar-refractivity contribution is 5.79. The third-order valence-electron chi connectivity index (χ3n) is 4.44. The molecule has 1 aromatic rings. The molecule has 1 atom stereocenters.